The van der Waals surface area contributed by atoms with Gasteiger partial charge in [-0.15, -0.1) is 0 Å². The summed E-state index contributed by atoms with van der Waals surface area (Å²) in [5, 5.41) is 22.9. The van der Waals surface area contributed by atoms with Crippen LogP contribution >= 0.6 is 0 Å². The first-order valence-electron chi connectivity index (χ1n) is 11.6. The first kappa shape index (κ1) is 24.6. The van der Waals surface area contributed by atoms with E-state index in [1.807, 2.05) is 72.8 Å². The van der Waals surface area contributed by atoms with Gasteiger partial charge in [-0.25, -0.2) is 0 Å². The summed E-state index contributed by atoms with van der Waals surface area (Å²) >= 11 is 0. The summed E-state index contributed by atoms with van der Waals surface area (Å²) in [5.74, 6) is 2.14. The highest BCUT2D eigenvalue weighted by Gasteiger charge is 2.15. The van der Waals surface area contributed by atoms with Gasteiger partial charge < -0.3 is 24.6 Å². The fraction of sp³-hybridized carbons (Fsp3) is 0.167. The van der Waals surface area contributed by atoms with Crippen LogP contribution in [0.4, 0.5) is 0 Å². The summed E-state index contributed by atoms with van der Waals surface area (Å²) < 4.78 is 17.5. The zero-order chi connectivity index (χ0) is 25.3. The van der Waals surface area contributed by atoms with Crippen LogP contribution in [0.25, 0.3) is 11.1 Å². The molecule has 0 aliphatic carbocycles. The van der Waals surface area contributed by atoms with E-state index in [1.165, 1.54) is 0 Å². The quantitative estimate of drug-likeness (QED) is 0.298. The van der Waals surface area contributed by atoms with E-state index in [0.29, 0.717) is 42.5 Å². The molecule has 6 nitrogen and oxygen atoms in total. The van der Waals surface area contributed by atoms with Gasteiger partial charge in [0.25, 0.3) is 0 Å². The van der Waals surface area contributed by atoms with Gasteiger partial charge >= 0.3 is 0 Å². The monoisotopic (exact) mass is 480 g/mol. The van der Waals surface area contributed by atoms with Gasteiger partial charge in [0.15, 0.2) is 0 Å². The Bertz CT molecular complexity index is 1350. The molecule has 0 aliphatic rings. The molecule has 0 fully saturated rings. The molecule has 0 unspecified atom stereocenters. The number of benzene rings is 4. The van der Waals surface area contributed by atoms with Crippen molar-refractivity contribution in [2.24, 2.45) is 0 Å². The van der Waals surface area contributed by atoms with Crippen molar-refractivity contribution >= 4 is 0 Å². The third-order valence-corrected chi connectivity index (χ3v) is 5.94. The standard InChI is InChI=1S/C30H28N2O4/c1-34-29-15-24(16-30(35-2)27(29)19-32-18-22-10-5-8-14-28(22)33)36-20-23-11-4-7-13-26(23)25-12-6-3-9-21(25)17-31/h3-16,32-33H,18-20H2,1-2H3. The van der Waals surface area contributed by atoms with Crippen molar-refractivity contribution in [2.75, 3.05) is 14.2 Å². The molecule has 0 spiro atoms. The van der Waals surface area contributed by atoms with Gasteiger partial charge in [-0.1, -0.05) is 60.7 Å². The Morgan fingerprint density at radius 1 is 0.778 bits per heavy atom. The maximum atomic E-state index is 10.00. The predicted octanol–water partition coefficient (Wildman–Crippen LogP) is 5.82. The van der Waals surface area contributed by atoms with Crippen LogP contribution in [0, 0.1) is 11.3 Å². The lowest BCUT2D eigenvalue weighted by atomic mass is 9.96. The average Bonchev–Trinajstić information content (AvgIpc) is 2.93. The molecule has 0 bridgehead atoms. The minimum atomic E-state index is 0.255. The number of nitriles is 1. The molecule has 4 aromatic carbocycles. The fourth-order valence-corrected chi connectivity index (χ4v) is 4.09. The molecule has 0 saturated heterocycles. The maximum Gasteiger partial charge on any atom is 0.130 e. The highest BCUT2D eigenvalue weighted by Crippen LogP contribution is 2.35. The second-order valence-corrected chi connectivity index (χ2v) is 8.14. The molecule has 4 aromatic rings. The molecule has 6 heteroatoms. The van der Waals surface area contributed by atoms with Gasteiger partial charge in [-0.05, 0) is 28.8 Å². The lowest BCUT2D eigenvalue weighted by Crippen LogP contribution is -2.14. The van der Waals surface area contributed by atoms with E-state index < -0.39 is 0 Å². The number of hydrogen-bond donors (Lipinski definition) is 2. The number of ether oxygens (including phenoxy) is 3. The third-order valence-electron chi connectivity index (χ3n) is 5.94. The second-order valence-electron chi connectivity index (χ2n) is 8.14. The van der Waals surface area contributed by atoms with E-state index in [1.54, 1.807) is 26.4 Å². The van der Waals surface area contributed by atoms with Gasteiger partial charge in [0.05, 0.1) is 31.4 Å². The van der Waals surface area contributed by atoms with Crippen molar-refractivity contribution in [1.29, 1.82) is 5.26 Å². The van der Waals surface area contributed by atoms with Crippen molar-refractivity contribution in [3.05, 3.63) is 107 Å². The molecule has 0 radical (unpaired) electrons. The average molecular weight is 481 g/mol. The van der Waals surface area contributed by atoms with Crippen LogP contribution in [0.3, 0.4) is 0 Å². The van der Waals surface area contributed by atoms with Crippen molar-refractivity contribution in [3.8, 4) is 40.2 Å². The molecule has 0 aliphatic heterocycles. The smallest absolute Gasteiger partial charge is 0.130 e. The van der Waals surface area contributed by atoms with E-state index in [2.05, 4.69) is 11.4 Å². The molecule has 4 rings (SSSR count). The van der Waals surface area contributed by atoms with Crippen LogP contribution in [0.2, 0.25) is 0 Å². The first-order valence-corrected chi connectivity index (χ1v) is 11.6. The predicted molar refractivity (Wildman–Crippen MR) is 139 cm³/mol. The number of phenols is 1. The van der Waals surface area contributed by atoms with Gasteiger partial charge in [-0.3, -0.25) is 0 Å². The molecule has 2 N–H and O–H groups in total. The molecule has 182 valence electrons. The Morgan fingerprint density at radius 2 is 1.39 bits per heavy atom. The van der Waals surface area contributed by atoms with E-state index >= 15 is 0 Å². The Labute approximate surface area is 211 Å². The Balaban J connectivity index is 1.52. The minimum absolute atomic E-state index is 0.255. The lowest BCUT2D eigenvalue weighted by Gasteiger charge is -2.17. The first-order chi connectivity index (χ1) is 17.6. The van der Waals surface area contributed by atoms with Crippen molar-refractivity contribution in [2.45, 2.75) is 19.7 Å². The molecular formula is C30H28N2O4. The van der Waals surface area contributed by atoms with Crippen LogP contribution in [0.5, 0.6) is 23.0 Å². The minimum Gasteiger partial charge on any atom is -0.508 e. The molecule has 0 aromatic heterocycles. The Hall–Kier alpha value is -4.47. The summed E-state index contributed by atoms with van der Waals surface area (Å²) in [6, 6.07) is 28.6. The summed E-state index contributed by atoms with van der Waals surface area (Å²) in [6.45, 7) is 1.29. The number of methoxy groups -OCH3 is 2. The fourth-order valence-electron chi connectivity index (χ4n) is 4.09. The highest BCUT2D eigenvalue weighted by atomic mass is 16.5. The largest absolute Gasteiger partial charge is 0.508 e. The summed E-state index contributed by atoms with van der Waals surface area (Å²) in [7, 11) is 3.22. The molecule has 36 heavy (non-hydrogen) atoms. The molecular weight excluding hydrogens is 452 g/mol. The van der Waals surface area contributed by atoms with Gasteiger partial charge in [0.1, 0.15) is 29.6 Å². The van der Waals surface area contributed by atoms with E-state index in [4.69, 9.17) is 14.2 Å². The number of rotatable bonds is 10. The van der Waals surface area contributed by atoms with Crippen molar-refractivity contribution in [3.63, 3.8) is 0 Å². The van der Waals surface area contributed by atoms with Crippen LogP contribution in [0.1, 0.15) is 22.3 Å². The number of phenolic OH excluding ortho intramolecular Hbond substituents is 1. The van der Waals surface area contributed by atoms with Crippen LogP contribution in [-0.2, 0) is 19.7 Å². The van der Waals surface area contributed by atoms with Gasteiger partial charge in [0, 0.05) is 30.8 Å². The molecule has 0 amide bonds. The van der Waals surface area contributed by atoms with E-state index in [9.17, 15) is 10.4 Å². The summed E-state index contributed by atoms with van der Waals surface area (Å²) in [6.07, 6.45) is 0. The van der Waals surface area contributed by atoms with Crippen LogP contribution < -0.4 is 19.5 Å². The topological polar surface area (TPSA) is 83.7 Å². The van der Waals surface area contributed by atoms with Gasteiger partial charge in [-0.2, -0.15) is 5.26 Å². The summed E-state index contributed by atoms with van der Waals surface area (Å²) in [4.78, 5) is 0. The zero-order valence-corrected chi connectivity index (χ0v) is 20.3. The zero-order valence-electron chi connectivity index (χ0n) is 20.3. The number of aromatic hydroxyl groups is 1. The number of hydrogen-bond acceptors (Lipinski definition) is 6. The normalized spacial score (nSPS) is 10.5. The SMILES string of the molecule is COc1cc(OCc2ccccc2-c2ccccc2C#N)cc(OC)c1CNCc1ccccc1O. The Morgan fingerprint density at radius 3 is 2.06 bits per heavy atom. The van der Waals surface area contributed by atoms with E-state index in [0.717, 1.165) is 27.8 Å². The number of para-hydroxylation sites is 1. The second kappa shape index (κ2) is 11.8. The van der Waals surface area contributed by atoms with E-state index in [-0.39, 0.29) is 5.75 Å². The van der Waals surface area contributed by atoms with Crippen LogP contribution in [-0.4, -0.2) is 19.3 Å². The van der Waals surface area contributed by atoms with Gasteiger partial charge in [0.2, 0.25) is 0 Å². The van der Waals surface area contributed by atoms with Crippen LogP contribution in [0.15, 0.2) is 84.9 Å². The lowest BCUT2D eigenvalue weighted by molar-refractivity contribution is 0.300. The highest BCUT2D eigenvalue weighted by molar-refractivity contribution is 5.73. The summed E-state index contributed by atoms with van der Waals surface area (Å²) in [5.41, 5.74) is 5.08. The Kier molecular flexibility index (Phi) is 8.07. The van der Waals surface area contributed by atoms with Crippen molar-refractivity contribution < 1.29 is 19.3 Å². The maximum absolute atomic E-state index is 10.00. The molecule has 0 heterocycles. The number of nitrogens with one attached hydrogen (secondary N) is 1. The molecule has 0 saturated carbocycles. The van der Waals surface area contributed by atoms with Crippen molar-refractivity contribution in [1.82, 2.24) is 5.32 Å². The third kappa shape index (κ3) is 5.60. The number of nitrogens with zero attached hydrogens (tertiary/aromatic N) is 1. The molecule has 0 atom stereocenters.